The summed E-state index contributed by atoms with van der Waals surface area (Å²) in [5, 5.41) is 8.50. The molecule has 2 nitrogen and oxygen atoms in total. The van der Waals surface area contributed by atoms with E-state index >= 15 is 0 Å². The summed E-state index contributed by atoms with van der Waals surface area (Å²) in [5.74, 6) is -0.931. The fourth-order valence-corrected chi connectivity index (χ4v) is 2.55. The van der Waals surface area contributed by atoms with Gasteiger partial charge in [0, 0.05) is 14.1 Å². The molecule has 0 aliphatic rings. The maximum atomic E-state index is 10.4. The standard InChI is InChI=1S/C10H8BrIO2/c1-6-7(2-3-10(13)14)4-8(12)5-9(6)11/h2-5H,1H3,(H,13,14)/b3-2+. The summed E-state index contributed by atoms with van der Waals surface area (Å²) >= 11 is 5.61. The third kappa shape index (κ3) is 3.09. The van der Waals surface area contributed by atoms with Crippen LogP contribution in [0.5, 0.6) is 0 Å². The van der Waals surface area contributed by atoms with E-state index in [2.05, 4.69) is 38.5 Å². The normalized spacial score (nSPS) is 10.8. The Bertz CT molecular complexity index is 399. The Morgan fingerprint density at radius 1 is 1.57 bits per heavy atom. The molecule has 0 bridgehead atoms. The molecule has 74 valence electrons. The van der Waals surface area contributed by atoms with Crippen LogP contribution in [-0.2, 0) is 4.79 Å². The first-order valence-electron chi connectivity index (χ1n) is 3.87. The van der Waals surface area contributed by atoms with Crippen LogP contribution >= 0.6 is 38.5 Å². The molecule has 0 heterocycles. The molecule has 1 N–H and O–H groups in total. The minimum atomic E-state index is -0.931. The molecular weight excluding hydrogens is 359 g/mol. The van der Waals surface area contributed by atoms with E-state index in [1.807, 2.05) is 19.1 Å². The highest BCUT2D eigenvalue weighted by Gasteiger charge is 2.01. The fourth-order valence-electron chi connectivity index (χ4n) is 1.000. The molecule has 0 atom stereocenters. The third-order valence-electron chi connectivity index (χ3n) is 1.75. The van der Waals surface area contributed by atoms with Crippen molar-refractivity contribution in [3.8, 4) is 0 Å². The lowest BCUT2D eigenvalue weighted by molar-refractivity contribution is -0.131. The summed E-state index contributed by atoms with van der Waals surface area (Å²) in [6.45, 7) is 1.95. The molecule has 1 aromatic carbocycles. The quantitative estimate of drug-likeness (QED) is 0.642. The van der Waals surface area contributed by atoms with E-state index in [0.29, 0.717) is 0 Å². The number of carboxylic acids is 1. The Balaban J connectivity index is 3.14. The summed E-state index contributed by atoms with van der Waals surface area (Å²) in [4.78, 5) is 10.4. The first kappa shape index (κ1) is 11.7. The molecule has 0 unspecified atom stereocenters. The van der Waals surface area contributed by atoms with Crippen LogP contribution < -0.4 is 0 Å². The smallest absolute Gasteiger partial charge is 0.328 e. The van der Waals surface area contributed by atoms with Gasteiger partial charge in [0.15, 0.2) is 0 Å². The number of carboxylic acid groups (broad SMARTS) is 1. The molecule has 0 radical (unpaired) electrons. The molecule has 1 aromatic rings. The second-order valence-corrected chi connectivity index (χ2v) is 4.87. The van der Waals surface area contributed by atoms with E-state index < -0.39 is 5.97 Å². The Kier molecular flexibility index (Phi) is 4.12. The minimum absolute atomic E-state index is 0.922. The van der Waals surface area contributed by atoms with Crippen molar-refractivity contribution in [1.82, 2.24) is 0 Å². The van der Waals surface area contributed by atoms with Gasteiger partial charge in [0.1, 0.15) is 0 Å². The number of rotatable bonds is 2. The number of hydrogen-bond donors (Lipinski definition) is 1. The lowest BCUT2D eigenvalue weighted by Crippen LogP contribution is -1.89. The SMILES string of the molecule is Cc1c(Br)cc(I)cc1/C=C/C(=O)O. The highest BCUT2D eigenvalue weighted by atomic mass is 127. The van der Waals surface area contributed by atoms with Crippen molar-refractivity contribution in [2.24, 2.45) is 0 Å². The lowest BCUT2D eigenvalue weighted by atomic mass is 10.1. The first-order valence-corrected chi connectivity index (χ1v) is 5.74. The average Bonchev–Trinajstić information content (AvgIpc) is 2.08. The molecule has 0 fully saturated rings. The summed E-state index contributed by atoms with van der Waals surface area (Å²) in [6.07, 6.45) is 2.75. The molecule has 0 spiro atoms. The largest absolute Gasteiger partial charge is 0.478 e. The van der Waals surface area contributed by atoms with Gasteiger partial charge in [-0.15, -0.1) is 0 Å². The Morgan fingerprint density at radius 2 is 2.21 bits per heavy atom. The van der Waals surface area contributed by atoms with E-state index in [4.69, 9.17) is 5.11 Å². The number of hydrogen-bond acceptors (Lipinski definition) is 1. The van der Waals surface area contributed by atoms with Gasteiger partial charge in [-0.2, -0.15) is 0 Å². The second kappa shape index (κ2) is 4.93. The number of aliphatic carboxylic acids is 1. The highest BCUT2D eigenvalue weighted by Crippen LogP contribution is 2.24. The maximum Gasteiger partial charge on any atom is 0.328 e. The van der Waals surface area contributed by atoms with Crippen LogP contribution in [0.25, 0.3) is 6.08 Å². The zero-order chi connectivity index (χ0) is 10.7. The lowest BCUT2D eigenvalue weighted by Gasteiger charge is -2.03. The van der Waals surface area contributed by atoms with Crippen LogP contribution in [0.15, 0.2) is 22.7 Å². The molecule has 0 aliphatic carbocycles. The van der Waals surface area contributed by atoms with E-state index in [0.717, 1.165) is 25.2 Å². The molecule has 0 amide bonds. The van der Waals surface area contributed by atoms with E-state index in [-0.39, 0.29) is 0 Å². The molecule has 1 rings (SSSR count). The minimum Gasteiger partial charge on any atom is -0.478 e. The van der Waals surface area contributed by atoms with Crippen molar-refractivity contribution in [2.45, 2.75) is 6.92 Å². The van der Waals surface area contributed by atoms with Crippen molar-refractivity contribution < 1.29 is 9.90 Å². The molecular formula is C10H8BrIO2. The number of halogens is 2. The van der Waals surface area contributed by atoms with Gasteiger partial charge in [-0.1, -0.05) is 15.9 Å². The van der Waals surface area contributed by atoms with Crippen molar-refractivity contribution >= 4 is 50.6 Å². The van der Waals surface area contributed by atoms with Gasteiger partial charge in [0.25, 0.3) is 0 Å². The van der Waals surface area contributed by atoms with Crippen molar-refractivity contribution in [3.63, 3.8) is 0 Å². The second-order valence-electron chi connectivity index (χ2n) is 2.77. The van der Waals surface area contributed by atoms with Crippen LogP contribution in [0, 0.1) is 10.5 Å². The zero-order valence-electron chi connectivity index (χ0n) is 7.42. The monoisotopic (exact) mass is 366 g/mol. The number of carbonyl (C=O) groups is 1. The van der Waals surface area contributed by atoms with E-state index in [1.54, 1.807) is 6.08 Å². The average molecular weight is 367 g/mol. The van der Waals surface area contributed by atoms with Gasteiger partial charge in [-0.3, -0.25) is 0 Å². The van der Waals surface area contributed by atoms with Crippen molar-refractivity contribution in [2.75, 3.05) is 0 Å². The zero-order valence-corrected chi connectivity index (χ0v) is 11.2. The van der Waals surface area contributed by atoms with Crippen LogP contribution in [0.4, 0.5) is 0 Å². The van der Waals surface area contributed by atoms with Gasteiger partial charge in [0.05, 0.1) is 0 Å². The Labute approximate surface area is 104 Å². The van der Waals surface area contributed by atoms with Crippen LogP contribution in [0.2, 0.25) is 0 Å². The molecule has 0 aromatic heterocycles. The maximum absolute atomic E-state index is 10.4. The summed E-state index contributed by atoms with van der Waals surface area (Å²) in [6, 6.07) is 3.94. The third-order valence-corrected chi connectivity index (χ3v) is 3.20. The molecule has 4 heteroatoms. The van der Waals surface area contributed by atoms with E-state index in [1.165, 1.54) is 0 Å². The molecule has 0 aliphatic heterocycles. The number of benzene rings is 1. The van der Waals surface area contributed by atoms with Gasteiger partial charge < -0.3 is 5.11 Å². The molecule has 0 saturated carbocycles. The van der Waals surface area contributed by atoms with Crippen LogP contribution in [-0.4, -0.2) is 11.1 Å². The summed E-state index contributed by atoms with van der Waals surface area (Å²) in [5.41, 5.74) is 1.97. The summed E-state index contributed by atoms with van der Waals surface area (Å²) in [7, 11) is 0. The van der Waals surface area contributed by atoms with Crippen LogP contribution in [0.1, 0.15) is 11.1 Å². The Morgan fingerprint density at radius 3 is 2.79 bits per heavy atom. The fraction of sp³-hybridized carbons (Fsp3) is 0.100. The van der Waals surface area contributed by atoms with Gasteiger partial charge in [0.2, 0.25) is 0 Å². The first-order chi connectivity index (χ1) is 6.50. The highest BCUT2D eigenvalue weighted by molar-refractivity contribution is 14.1. The predicted molar refractivity (Wildman–Crippen MR) is 68.3 cm³/mol. The Hall–Kier alpha value is -0.360. The topological polar surface area (TPSA) is 37.3 Å². The van der Waals surface area contributed by atoms with E-state index in [9.17, 15) is 4.79 Å². The van der Waals surface area contributed by atoms with Crippen molar-refractivity contribution in [3.05, 3.63) is 37.4 Å². The van der Waals surface area contributed by atoms with Crippen molar-refractivity contribution in [1.29, 1.82) is 0 Å². The van der Waals surface area contributed by atoms with Gasteiger partial charge in [-0.05, 0) is 58.9 Å². The predicted octanol–water partition coefficient (Wildman–Crippen LogP) is 3.46. The molecule has 0 saturated heterocycles. The summed E-state index contributed by atoms with van der Waals surface area (Å²) < 4.78 is 2.07. The van der Waals surface area contributed by atoms with Gasteiger partial charge >= 0.3 is 5.97 Å². The molecule has 14 heavy (non-hydrogen) atoms. The van der Waals surface area contributed by atoms with Crippen LogP contribution in [0.3, 0.4) is 0 Å². The van der Waals surface area contributed by atoms with Gasteiger partial charge in [-0.25, -0.2) is 4.79 Å².